The fraction of sp³-hybridized carbons (Fsp3) is 0.846. The average molecular weight is 256 g/mol. The minimum absolute atomic E-state index is 0.119. The number of carbonyl (C=O) groups excluding carboxylic acids is 1. The first-order valence-electron chi connectivity index (χ1n) is 6.62. The molecule has 1 atom stereocenters. The topological polar surface area (TPSA) is 69.6 Å². The number of carboxylic acids is 1. The Morgan fingerprint density at radius 2 is 1.83 bits per heavy atom. The highest BCUT2D eigenvalue weighted by atomic mass is 16.4. The lowest BCUT2D eigenvalue weighted by molar-refractivity contribution is -0.140. The van der Waals surface area contributed by atoms with Crippen LogP contribution in [0, 0.1) is 11.8 Å². The molecule has 104 valence electrons. The number of rotatable bonds is 6. The van der Waals surface area contributed by atoms with Crippen molar-refractivity contribution < 1.29 is 14.7 Å². The third-order valence-corrected chi connectivity index (χ3v) is 3.02. The highest BCUT2D eigenvalue weighted by molar-refractivity contribution is 5.83. The van der Waals surface area contributed by atoms with Crippen molar-refractivity contribution in [3.05, 3.63) is 0 Å². The molecular formula is C13H24N2O3. The predicted octanol–water partition coefficient (Wildman–Crippen LogP) is 1.93. The van der Waals surface area contributed by atoms with Gasteiger partial charge in [0.2, 0.25) is 0 Å². The van der Waals surface area contributed by atoms with Gasteiger partial charge in [-0.3, -0.25) is 0 Å². The maximum Gasteiger partial charge on any atom is 0.326 e. The maximum absolute atomic E-state index is 12.1. The third kappa shape index (κ3) is 4.20. The van der Waals surface area contributed by atoms with Gasteiger partial charge < -0.3 is 15.3 Å². The lowest BCUT2D eigenvalue weighted by Crippen LogP contribution is -2.51. The van der Waals surface area contributed by atoms with Crippen molar-refractivity contribution in [2.24, 2.45) is 11.8 Å². The molecule has 18 heavy (non-hydrogen) atoms. The van der Waals surface area contributed by atoms with Crippen molar-refractivity contribution in [2.75, 3.05) is 6.54 Å². The van der Waals surface area contributed by atoms with Crippen molar-refractivity contribution in [1.82, 2.24) is 10.2 Å². The first-order valence-corrected chi connectivity index (χ1v) is 6.62. The number of aliphatic carboxylic acids is 1. The van der Waals surface area contributed by atoms with Gasteiger partial charge in [-0.1, -0.05) is 27.7 Å². The van der Waals surface area contributed by atoms with E-state index in [9.17, 15) is 9.59 Å². The molecule has 0 aliphatic heterocycles. The zero-order valence-electron chi connectivity index (χ0n) is 11.6. The molecule has 1 aliphatic rings. The SMILES string of the molecule is CC(C)CN(C(=O)N[C@H](C(=O)O)C(C)C)C1CC1. The highest BCUT2D eigenvalue weighted by Crippen LogP contribution is 2.27. The fourth-order valence-electron chi connectivity index (χ4n) is 1.91. The summed E-state index contributed by atoms with van der Waals surface area (Å²) in [4.78, 5) is 25.0. The molecule has 0 aromatic rings. The van der Waals surface area contributed by atoms with Gasteiger partial charge >= 0.3 is 12.0 Å². The van der Waals surface area contributed by atoms with E-state index in [0.29, 0.717) is 18.5 Å². The summed E-state index contributed by atoms with van der Waals surface area (Å²) in [7, 11) is 0. The molecule has 1 aliphatic carbocycles. The number of nitrogens with zero attached hydrogens (tertiary/aromatic N) is 1. The van der Waals surface area contributed by atoms with Crippen LogP contribution in [0.25, 0.3) is 0 Å². The van der Waals surface area contributed by atoms with Crippen LogP contribution in [0.1, 0.15) is 40.5 Å². The van der Waals surface area contributed by atoms with Gasteiger partial charge in [0.05, 0.1) is 0 Å². The van der Waals surface area contributed by atoms with Gasteiger partial charge in [0.1, 0.15) is 6.04 Å². The normalized spacial score (nSPS) is 16.8. The van der Waals surface area contributed by atoms with Crippen LogP contribution in [0.15, 0.2) is 0 Å². The van der Waals surface area contributed by atoms with E-state index in [0.717, 1.165) is 12.8 Å². The van der Waals surface area contributed by atoms with Gasteiger partial charge in [0, 0.05) is 12.6 Å². The molecule has 0 spiro atoms. The van der Waals surface area contributed by atoms with E-state index in [1.54, 1.807) is 18.7 Å². The molecule has 0 radical (unpaired) electrons. The summed E-state index contributed by atoms with van der Waals surface area (Å²) >= 11 is 0. The Balaban J connectivity index is 2.62. The number of hydrogen-bond acceptors (Lipinski definition) is 2. The van der Waals surface area contributed by atoms with Crippen molar-refractivity contribution in [3.63, 3.8) is 0 Å². The third-order valence-electron chi connectivity index (χ3n) is 3.02. The molecule has 0 aromatic heterocycles. The minimum Gasteiger partial charge on any atom is -0.480 e. The van der Waals surface area contributed by atoms with E-state index in [1.165, 1.54) is 0 Å². The van der Waals surface area contributed by atoms with Crippen LogP contribution in [0.4, 0.5) is 4.79 Å². The van der Waals surface area contributed by atoms with Gasteiger partial charge in [-0.15, -0.1) is 0 Å². The van der Waals surface area contributed by atoms with E-state index in [4.69, 9.17) is 5.11 Å². The maximum atomic E-state index is 12.1. The number of carbonyl (C=O) groups is 2. The van der Waals surface area contributed by atoms with Crippen LogP contribution in [-0.4, -0.2) is 40.6 Å². The quantitative estimate of drug-likeness (QED) is 0.763. The Labute approximate surface area is 109 Å². The molecule has 1 saturated carbocycles. The fourth-order valence-corrected chi connectivity index (χ4v) is 1.91. The molecule has 0 saturated heterocycles. The average Bonchev–Trinajstić information content (AvgIpc) is 3.04. The monoisotopic (exact) mass is 256 g/mol. The number of carboxylic acid groups (broad SMARTS) is 1. The summed E-state index contributed by atoms with van der Waals surface area (Å²) in [5, 5.41) is 11.7. The number of nitrogens with one attached hydrogen (secondary N) is 1. The summed E-state index contributed by atoms with van der Waals surface area (Å²) in [6.45, 7) is 8.38. The molecular weight excluding hydrogens is 232 g/mol. The Hall–Kier alpha value is -1.26. The van der Waals surface area contributed by atoms with Crippen molar-refractivity contribution >= 4 is 12.0 Å². The van der Waals surface area contributed by atoms with Crippen molar-refractivity contribution in [3.8, 4) is 0 Å². The number of hydrogen-bond donors (Lipinski definition) is 2. The first kappa shape index (κ1) is 14.8. The molecule has 5 nitrogen and oxygen atoms in total. The first-order chi connectivity index (χ1) is 8.32. The van der Waals surface area contributed by atoms with Crippen LogP contribution < -0.4 is 5.32 Å². The summed E-state index contributed by atoms with van der Waals surface area (Å²) < 4.78 is 0. The molecule has 0 bridgehead atoms. The van der Waals surface area contributed by atoms with Gasteiger partial charge in [0.25, 0.3) is 0 Å². The van der Waals surface area contributed by atoms with Gasteiger partial charge in [0.15, 0.2) is 0 Å². The van der Waals surface area contributed by atoms with E-state index in [1.807, 2.05) is 0 Å². The lowest BCUT2D eigenvalue weighted by Gasteiger charge is -2.27. The second-order valence-electron chi connectivity index (χ2n) is 5.79. The van der Waals surface area contributed by atoms with Crippen LogP contribution >= 0.6 is 0 Å². The van der Waals surface area contributed by atoms with Crippen LogP contribution in [-0.2, 0) is 4.79 Å². The zero-order chi connectivity index (χ0) is 13.9. The van der Waals surface area contributed by atoms with Crippen LogP contribution in [0.2, 0.25) is 0 Å². The van der Waals surface area contributed by atoms with Crippen LogP contribution in [0.5, 0.6) is 0 Å². The van der Waals surface area contributed by atoms with Crippen LogP contribution in [0.3, 0.4) is 0 Å². The Bertz CT molecular complexity index is 311. The van der Waals surface area contributed by atoms with Gasteiger partial charge in [-0.2, -0.15) is 0 Å². The largest absolute Gasteiger partial charge is 0.480 e. The predicted molar refractivity (Wildman–Crippen MR) is 69.4 cm³/mol. The molecule has 1 fully saturated rings. The standard InChI is InChI=1S/C13H24N2O3/c1-8(2)7-15(10-5-6-10)13(18)14-11(9(3)4)12(16)17/h8-11H,5-7H2,1-4H3,(H,14,18)(H,16,17)/t11-/m0/s1. The molecule has 0 aromatic carbocycles. The summed E-state index contributed by atoms with van der Waals surface area (Å²) in [5.41, 5.74) is 0. The summed E-state index contributed by atoms with van der Waals surface area (Å²) in [6.07, 6.45) is 2.05. The summed E-state index contributed by atoms with van der Waals surface area (Å²) in [5.74, 6) is -0.705. The molecule has 0 heterocycles. The number of amides is 2. The molecule has 2 amide bonds. The second kappa shape index (κ2) is 6.07. The Morgan fingerprint density at radius 1 is 1.28 bits per heavy atom. The van der Waals surface area contributed by atoms with Crippen molar-refractivity contribution in [1.29, 1.82) is 0 Å². The zero-order valence-corrected chi connectivity index (χ0v) is 11.6. The number of urea groups is 1. The minimum atomic E-state index is -0.973. The van der Waals surface area contributed by atoms with Gasteiger partial charge in [-0.05, 0) is 24.7 Å². The Morgan fingerprint density at radius 3 is 2.17 bits per heavy atom. The van der Waals surface area contributed by atoms with E-state index in [2.05, 4.69) is 19.2 Å². The summed E-state index contributed by atoms with van der Waals surface area (Å²) in [6, 6.07) is -0.757. The van der Waals surface area contributed by atoms with E-state index in [-0.39, 0.29) is 11.9 Å². The van der Waals surface area contributed by atoms with Gasteiger partial charge in [-0.25, -0.2) is 9.59 Å². The molecule has 1 rings (SSSR count). The highest BCUT2D eigenvalue weighted by Gasteiger charge is 2.35. The van der Waals surface area contributed by atoms with E-state index < -0.39 is 12.0 Å². The molecule has 2 N–H and O–H groups in total. The molecule has 0 unspecified atom stereocenters. The smallest absolute Gasteiger partial charge is 0.326 e. The molecule has 5 heteroatoms. The Kier molecular flexibility index (Phi) is 4.99. The second-order valence-corrected chi connectivity index (χ2v) is 5.79. The lowest BCUT2D eigenvalue weighted by atomic mass is 10.1. The van der Waals surface area contributed by atoms with Crippen molar-refractivity contribution in [2.45, 2.75) is 52.6 Å². The van der Waals surface area contributed by atoms with E-state index >= 15 is 0 Å².